The zero-order valence-electron chi connectivity index (χ0n) is 17.8. The summed E-state index contributed by atoms with van der Waals surface area (Å²) < 4.78 is 5.22. The summed E-state index contributed by atoms with van der Waals surface area (Å²) in [4.78, 5) is 21.9. The Morgan fingerprint density at radius 2 is 1.00 bits per heavy atom. The minimum Gasteiger partial charge on any atom is -0.481 e. The number of rotatable bonds is 21. The molecule has 0 atom stereocenters. The first-order valence-electron chi connectivity index (χ1n) is 11.5. The molecule has 0 saturated carbocycles. The van der Waals surface area contributed by atoms with Crippen molar-refractivity contribution in [2.45, 2.75) is 129 Å². The Hall–Kier alpha value is -1.06. The van der Waals surface area contributed by atoms with Gasteiger partial charge in [-0.3, -0.25) is 9.59 Å². The Morgan fingerprint density at radius 1 is 0.593 bits per heavy atom. The van der Waals surface area contributed by atoms with Gasteiger partial charge in [0.2, 0.25) is 0 Å². The standard InChI is InChI=1S/C23H44O4/c1-2-3-4-5-6-7-8-9-10-11-12-13-14-18-21-27-23(26)20-17-15-16-19-22(24)25/h2-21H2,1H3,(H,24,25). The van der Waals surface area contributed by atoms with Gasteiger partial charge >= 0.3 is 11.9 Å². The number of ether oxygens (including phenoxy) is 1. The monoisotopic (exact) mass is 384 g/mol. The van der Waals surface area contributed by atoms with E-state index in [1.807, 2.05) is 0 Å². The number of hydrogen-bond acceptors (Lipinski definition) is 3. The highest BCUT2D eigenvalue weighted by Crippen LogP contribution is 2.13. The molecule has 0 unspecified atom stereocenters. The van der Waals surface area contributed by atoms with Crippen molar-refractivity contribution in [2.75, 3.05) is 6.61 Å². The van der Waals surface area contributed by atoms with E-state index in [4.69, 9.17) is 9.84 Å². The van der Waals surface area contributed by atoms with Crippen molar-refractivity contribution >= 4 is 11.9 Å². The summed E-state index contributed by atoms with van der Waals surface area (Å²) in [7, 11) is 0. The largest absolute Gasteiger partial charge is 0.481 e. The molecule has 4 heteroatoms. The Balaban J connectivity index is 3.13. The second-order valence-corrected chi connectivity index (χ2v) is 7.77. The van der Waals surface area contributed by atoms with E-state index in [0.717, 1.165) is 25.7 Å². The third kappa shape index (κ3) is 22.9. The minimum absolute atomic E-state index is 0.139. The van der Waals surface area contributed by atoms with Crippen molar-refractivity contribution in [1.29, 1.82) is 0 Å². The van der Waals surface area contributed by atoms with Gasteiger partial charge in [0, 0.05) is 12.8 Å². The van der Waals surface area contributed by atoms with Gasteiger partial charge in [0.1, 0.15) is 0 Å². The van der Waals surface area contributed by atoms with Gasteiger partial charge in [0.05, 0.1) is 6.61 Å². The van der Waals surface area contributed by atoms with Crippen LogP contribution in [0.4, 0.5) is 0 Å². The van der Waals surface area contributed by atoms with Crippen LogP contribution in [0, 0.1) is 0 Å². The van der Waals surface area contributed by atoms with Crippen LogP contribution in [0.3, 0.4) is 0 Å². The van der Waals surface area contributed by atoms with Crippen molar-refractivity contribution in [1.82, 2.24) is 0 Å². The molecular weight excluding hydrogens is 340 g/mol. The average molecular weight is 385 g/mol. The predicted octanol–water partition coefficient (Wildman–Crippen LogP) is 7.05. The number of esters is 1. The molecular formula is C23H44O4. The van der Waals surface area contributed by atoms with Gasteiger partial charge in [-0.2, -0.15) is 0 Å². The summed E-state index contributed by atoms with van der Waals surface area (Å²) in [6, 6.07) is 0. The second kappa shape index (κ2) is 21.2. The highest BCUT2D eigenvalue weighted by Gasteiger charge is 2.03. The predicted molar refractivity (Wildman–Crippen MR) is 112 cm³/mol. The third-order valence-electron chi connectivity index (χ3n) is 5.03. The van der Waals surface area contributed by atoms with E-state index < -0.39 is 5.97 Å². The molecule has 160 valence electrons. The first-order chi connectivity index (χ1) is 13.2. The average Bonchev–Trinajstić information content (AvgIpc) is 2.64. The molecule has 0 aliphatic heterocycles. The molecule has 0 aliphatic rings. The van der Waals surface area contributed by atoms with E-state index in [1.54, 1.807) is 0 Å². The van der Waals surface area contributed by atoms with Gasteiger partial charge in [0.15, 0.2) is 0 Å². The van der Waals surface area contributed by atoms with Gasteiger partial charge in [-0.1, -0.05) is 96.8 Å². The normalized spacial score (nSPS) is 10.9. The summed E-state index contributed by atoms with van der Waals surface area (Å²) in [5.74, 6) is -0.907. The van der Waals surface area contributed by atoms with E-state index in [1.165, 1.54) is 77.0 Å². The molecule has 0 rings (SSSR count). The Labute approximate surface area is 167 Å². The molecule has 0 aromatic carbocycles. The number of aliphatic carboxylic acids is 1. The van der Waals surface area contributed by atoms with Crippen LogP contribution in [-0.2, 0) is 14.3 Å². The Kier molecular flexibility index (Phi) is 20.4. The number of carboxylic acid groups (broad SMARTS) is 1. The summed E-state index contributed by atoms with van der Waals surface area (Å²) in [5.41, 5.74) is 0. The fraction of sp³-hybridized carbons (Fsp3) is 0.913. The quantitative estimate of drug-likeness (QED) is 0.170. The van der Waals surface area contributed by atoms with Crippen molar-refractivity contribution in [2.24, 2.45) is 0 Å². The molecule has 0 aromatic heterocycles. The van der Waals surface area contributed by atoms with Crippen LogP contribution in [-0.4, -0.2) is 23.7 Å². The van der Waals surface area contributed by atoms with Crippen molar-refractivity contribution < 1.29 is 19.4 Å². The molecule has 0 bridgehead atoms. The fourth-order valence-electron chi connectivity index (χ4n) is 3.28. The number of carbonyl (C=O) groups is 2. The van der Waals surface area contributed by atoms with Crippen LogP contribution in [0.1, 0.15) is 129 Å². The molecule has 0 radical (unpaired) electrons. The molecule has 0 saturated heterocycles. The zero-order chi connectivity index (χ0) is 20.0. The van der Waals surface area contributed by atoms with Crippen LogP contribution in [0.25, 0.3) is 0 Å². The molecule has 0 aromatic rings. The molecule has 27 heavy (non-hydrogen) atoms. The highest BCUT2D eigenvalue weighted by molar-refractivity contribution is 5.69. The smallest absolute Gasteiger partial charge is 0.305 e. The maximum atomic E-state index is 11.5. The van der Waals surface area contributed by atoms with E-state index in [0.29, 0.717) is 19.4 Å². The van der Waals surface area contributed by atoms with Gasteiger partial charge in [-0.05, 0) is 19.3 Å². The van der Waals surface area contributed by atoms with Crippen molar-refractivity contribution in [3.63, 3.8) is 0 Å². The first kappa shape index (κ1) is 25.9. The molecule has 0 amide bonds. The number of carbonyl (C=O) groups excluding carboxylic acids is 1. The minimum atomic E-state index is -0.768. The lowest BCUT2D eigenvalue weighted by molar-refractivity contribution is -0.143. The van der Waals surface area contributed by atoms with Crippen LogP contribution in [0.5, 0.6) is 0 Å². The molecule has 0 heterocycles. The fourth-order valence-corrected chi connectivity index (χ4v) is 3.28. The topological polar surface area (TPSA) is 63.6 Å². The lowest BCUT2D eigenvalue weighted by atomic mass is 10.0. The van der Waals surface area contributed by atoms with Crippen molar-refractivity contribution in [3.8, 4) is 0 Å². The van der Waals surface area contributed by atoms with Gasteiger partial charge < -0.3 is 9.84 Å². The van der Waals surface area contributed by atoms with Crippen LogP contribution < -0.4 is 0 Å². The van der Waals surface area contributed by atoms with Crippen molar-refractivity contribution in [3.05, 3.63) is 0 Å². The molecule has 1 N–H and O–H groups in total. The maximum absolute atomic E-state index is 11.5. The van der Waals surface area contributed by atoms with Crippen LogP contribution in [0.2, 0.25) is 0 Å². The zero-order valence-corrected chi connectivity index (χ0v) is 17.8. The molecule has 0 aliphatic carbocycles. The van der Waals surface area contributed by atoms with Gasteiger partial charge in [-0.15, -0.1) is 0 Å². The summed E-state index contributed by atoms with van der Waals surface area (Å²) in [5, 5.41) is 8.53. The Bertz CT molecular complexity index is 341. The number of unbranched alkanes of at least 4 members (excludes halogenated alkanes) is 15. The molecule has 4 nitrogen and oxygen atoms in total. The lowest BCUT2D eigenvalue weighted by Gasteiger charge is -2.05. The van der Waals surface area contributed by atoms with Gasteiger partial charge in [0.25, 0.3) is 0 Å². The summed E-state index contributed by atoms with van der Waals surface area (Å²) in [6.45, 7) is 2.80. The van der Waals surface area contributed by atoms with Crippen LogP contribution >= 0.6 is 0 Å². The summed E-state index contributed by atoms with van der Waals surface area (Å²) in [6.07, 6.45) is 21.3. The van der Waals surface area contributed by atoms with E-state index in [9.17, 15) is 9.59 Å². The number of hydrogen-bond donors (Lipinski definition) is 1. The second-order valence-electron chi connectivity index (χ2n) is 7.77. The number of carboxylic acids is 1. The SMILES string of the molecule is CCCCCCCCCCCCCCCCOC(=O)CCCCCC(=O)O. The van der Waals surface area contributed by atoms with E-state index in [2.05, 4.69) is 6.92 Å². The molecule has 0 spiro atoms. The first-order valence-corrected chi connectivity index (χ1v) is 11.5. The maximum Gasteiger partial charge on any atom is 0.305 e. The third-order valence-corrected chi connectivity index (χ3v) is 5.03. The Morgan fingerprint density at radius 3 is 1.48 bits per heavy atom. The van der Waals surface area contributed by atoms with E-state index in [-0.39, 0.29) is 12.4 Å². The highest BCUT2D eigenvalue weighted by atomic mass is 16.5. The van der Waals surface area contributed by atoms with Gasteiger partial charge in [-0.25, -0.2) is 0 Å². The lowest BCUT2D eigenvalue weighted by Crippen LogP contribution is -2.05. The van der Waals surface area contributed by atoms with E-state index >= 15 is 0 Å². The molecule has 0 fully saturated rings. The summed E-state index contributed by atoms with van der Waals surface area (Å²) >= 11 is 0. The van der Waals surface area contributed by atoms with Crippen LogP contribution in [0.15, 0.2) is 0 Å².